The molecule has 2 nitrogen and oxygen atoms in total. The van der Waals surface area contributed by atoms with Gasteiger partial charge >= 0.3 is 0 Å². The van der Waals surface area contributed by atoms with E-state index in [0.717, 1.165) is 6.42 Å². The van der Waals surface area contributed by atoms with Gasteiger partial charge in [0.1, 0.15) is 5.76 Å². The summed E-state index contributed by atoms with van der Waals surface area (Å²) >= 11 is 0. The summed E-state index contributed by atoms with van der Waals surface area (Å²) in [4.78, 5) is 11.8. The number of ketones is 1. The Morgan fingerprint density at radius 3 is 2.43 bits per heavy atom. The van der Waals surface area contributed by atoms with Gasteiger partial charge < -0.3 is 5.11 Å². The Balaban J connectivity index is 2.51. The molecule has 0 unspecified atom stereocenters. The van der Waals surface area contributed by atoms with Crippen LogP contribution >= 0.6 is 0 Å². The van der Waals surface area contributed by atoms with E-state index in [1.54, 1.807) is 12.1 Å². The Kier molecular flexibility index (Phi) is 2.12. The Morgan fingerprint density at radius 1 is 1.21 bits per heavy atom. The lowest BCUT2D eigenvalue weighted by Gasteiger charge is -1.97. The molecule has 0 heterocycles. The van der Waals surface area contributed by atoms with Crippen LogP contribution in [0.5, 0.6) is 0 Å². The molecule has 72 valence electrons. The molecule has 0 aromatic heterocycles. The Labute approximate surface area is 82.9 Å². The van der Waals surface area contributed by atoms with Crippen molar-refractivity contribution in [2.24, 2.45) is 0 Å². The van der Waals surface area contributed by atoms with Crippen LogP contribution in [-0.4, -0.2) is 10.9 Å². The lowest BCUT2D eigenvalue weighted by atomic mass is 10.1. The molecule has 0 amide bonds. The first-order valence-electron chi connectivity index (χ1n) is 4.82. The van der Waals surface area contributed by atoms with Gasteiger partial charge in [0.2, 0.25) is 0 Å². The number of rotatable bonds is 2. The maximum atomic E-state index is 11.8. The van der Waals surface area contributed by atoms with Crippen LogP contribution in [0.25, 0.3) is 5.76 Å². The molecular formula is C12H12O2. The third-order valence-corrected chi connectivity index (χ3v) is 2.49. The molecule has 0 atom stereocenters. The van der Waals surface area contributed by atoms with Crippen LogP contribution in [0.4, 0.5) is 0 Å². The van der Waals surface area contributed by atoms with Crippen molar-refractivity contribution in [2.45, 2.75) is 19.8 Å². The second-order valence-electron chi connectivity index (χ2n) is 3.45. The van der Waals surface area contributed by atoms with Crippen molar-refractivity contribution in [2.75, 3.05) is 0 Å². The molecule has 1 aromatic rings. The van der Waals surface area contributed by atoms with Gasteiger partial charge in [0.15, 0.2) is 5.78 Å². The molecule has 0 aliphatic heterocycles. The number of Topliss-reactive ketones (excluding diaryl/α,β-unsaturated/α-hetero) is 1. The van der Waals surface area contributed by atoms with Crippen molar-refractivity contribution >= 4 is 11.5 Å². The quantitative estimate of drug-likeness (QED) is 0.774. The summed E-state index contributed by atoms with van der Waals surface area (Å²) in [6, 6.07) is 7.19. The average molecular weight is 188 g/mol. The predicted molar refractivity (Wildman–Crippen MR) is 55.2 cm³/mol. The number of carbonyl (C=O) groups excluding carboxylic acids is 1. The first kappa shape index (κ1) is 9.00. The van der Waals surface area contributed by atoms with E-state index in [0.29, 0.717) is 23.1 Å². The molecule has 14 heavy (non-hydrogen) atoms. The maximum Gasteiger partial charge on any atom is 0.193 e. The number of aliphatic hydroxyl groups is 1. The zero-order chi connectivity index (χ0) is 10.1. The Bertz CT molecular complexity index is 416. The summed E-state index contributed by atoms with van der Waals surface area (Å²) in [7, 11) is 0. The van der Waals surface area contributed by atoms with Crippen molar-refractivity contribution in [3.63, 3.8) is 0 Å². The summed E-state index contributed by atoms with van der Waals surface area (Å²) in [6.45, 7) is 2.00. The van der Waals surface area contributed by atoms with Gasteiger partial charge in [-0.15, -0.1) is 0 Å². The number of hydrogen-bond donors (Lipinski definition) is 1. The number of benzene rings is 1. The van der Waals surface area contributed by atoms with Crippen molar-refractivity contribution in [1.29, 1.82) is 0 Å². The Morgan fingerprint density at radius 2 is 1.86 bits per heavy atom. The lowest BCUT2D eigenvalue weighted by molar-refractivity contribution is 0.103. The van der Waals surface area contributed by atoms with Crippen LogP contribution < -0.4 is 0 Å². The lowest BCUT2D eigenvalue weighted by Crippen LogP contribution is -1.98. The molecule has 0 spiro atoms. The Hall–Kier alpha value is -1.57. The molecule has 0 bridgehead atoms. The second kappa shape index (κ2) is 3.29. The normalized spacial score (nSPS) is 14.8. The molecule has 0 saturated carbocycles. The van der Waals surface area contributed by atoms with Crippen molar-refractivity contribution in [1.82, 2.24) is 0 Å². The van der Waals surface area contributed by atoms with Crippen molar-refractivity contribution in [3.05, 3.63) is 41.0 Å². The fraction of sp³-hybridized carbons (Fsp3) is 0.250. The van der Waals surface area contributed by atoms with Gasteiger partial charge in [0, 0.05) is 16.7 Å². The SMILES string of the molecule is CCCC1=C(O)c2ccccc2C1=O. The monoisotopic (exact) mass is 188 g/mol. The topological polar surface area (TPSA) is 37.3 Å². The highest BCUT2D eigenvalue weighted by molar-refractivity contribution is 6.19. The highest BCUT2D eigenvalue weighted by Crippen LogP contribution is 2.32. The van der Waals surface area contributed by atoms with E-state index in [-0.39, 0.29) is 11.5 Å². The van der Waals surface area contributed by atoms with Gasteiger partial charge in [-0.2, -0.15) is 0 Å². The van der Waals surface area contributed by atoms with Gasteiger partial charge in [-0.05, 0) is 6.42 Å². The summed E-state index contributed by atoms with van der Waals surface area (Å²) in [5.74, 6) is 0.160. The zero-order valence-electron chi connectivity index (χ0n) is 8.08. The second-order valence-corrected chi connectivity index (χ2v) is 3.45. The zero-order valence-corrected chi connectivity index (χ0v) is 8.08. The van der Waals surface area contributed by atoms with E-state index in [9.17, 15) is 9.90 Å². The summed E-state index contributed by atoms with van der Waals surface area (Å²) < 4.78 is 0. The van der Waals surface area contributed by atoms with Crippen molar-refractivity contribution in [3.8, 4) is 0 Å². The molecule has 0 saturated heterocycles. The van der Waals surface area contributed by atoms with E-state index >= 15 is 0 Å². The first-order chi connectivity index (χ1) is 6.75. The summed E-state index contributed by atoms with van der Waals surface area (Å²) in [5, 5.41) is 9.80. The van der Waals surface area contributed by atoms with E-state index in [1.165, 1.54) is 0 Å². The molecule has 0 fully saturated rings. The van der Waals surface area contributed by atoms with Crippen LogP contribution in [-0.2, 0) is 0 Å². The minimum absolute atomic E-state index is 0.0139. The maximum absolute atomic E-state index is 11.8. The third kappa shape index (κ3) is 1.15. The van der Waals surface area contributed by atoms with E-state index < -0.39 is 0 Å². The highest BCUT2D eigenvalue weighted by atomic mass is 16.3. The van der Waals surface area contributed by atoms with Gasteiger partial charge in [0.25, 0.3) is 0 Å². The fourth-order valence-corrected chi connectivity index (χ4v) is 1.80. The smallest absolute Gasteiger partial charge is 0.193 e. The van der Waals surface area contributed by atoms with Gasteiger partial charge in [0.05, 0.1) is 0 Å². The van der Waals surface area contributed by atoms with Crippen LogP contribution in [0, 0.1) is 0 Å². The molecule has 2 heteroatoms. The number of allylic oxidation sites excluding steroid dienone is 1. The fourth-order valence-electron chi connectivity index (χ4n) is 1.80. The van der Waals surface area contributed by atoms with Gasteiger partial charge in [-0.25, -0.2) is 0 Å². The number of aliphatic hydroxyl groups excluding tert-OH is 1. The minimum Gasteiger partial charge on any atom is -0.507 e. The van der Waals surface area contributed by atoms with Crippen LogP contribution in [0.15, 0.2) is 29.8 Å². The summed E-state index contributed by atoms with van der Waals surface area (Å²) in [6.07, 6.45) is 1.53. The van der Waals surface area contributed by atoms with Gasteiger partial charge in [-0.1, -0.05) is 37.6 Å². The van der Waals surface area contributed by atoms with E-state index in [4.69, 9.17) is 0 Å². The van der Waals surface area contributed by atoms with E-state index in [1.807, 2.05) is 19.1 Å². The molecular weight excluding hydrogens is 176 g/mol. The standard InChI is InChI=1S/C12H12O2/c1-2-5-10-11(13)8-6-3-4-7-9(8)12(10)14/h3-4,6-7,13H,2,5H2,1H3. The highest BCUT2D eigenvalue weighted by Gasteiger charge is 2.27. The van der Waals surface area contributed by atoms with Crippen molar-refractivity contribution < 1.29 is 9.90 Å². The van der Waals surface area contributed by atoms with E-state index in [2.05, 4.69) is 0 Å². The van der Waals surface area contributed by atoms with Crippen LogP contribution in [0.2, 0.25) is 0 Å². The number of hydrogen-bond acceptors (Lipinski definition) is 2. The number of carbonyl (C=O) groups is 1. The third-order valence-electron chi connectivity index (χ3n) is 2.49. The molecule has 1 N–H and O–H groups in total. The van der Waals surface area contributed by atoms with Crippen LogP contribution in [0.3, 0.4) is 0 Å². The molecule has 2 rings (SSSR count). The molecule has 1 aromatic carbocycles. The minimum atomic E-state index is -0.0139. The molecule has 0 radical (unpaired) electrons. The largest absolute Gasteiger partial charge is 0.507 e. The number of fused-ring (bicyclic) bond motifs is 1. The predicted octanol–water partition coefficient (Wildman–Crippen LogP) is 2.95. The first-order valence-corrected chi connectivity index (χ1v) is 4.82. The van der Waals surface area contributed by atoms with Crippen LogP contribution in [0.1, 0.15) is 35.7 Å². The molecule has 1 aliphatic carbocycles. The summed E-state index contributed by atoms with van der Waals surface area (Å²) in [5.41, 5.74) is 1.88. The average Bonchev–Trinajstić information content (AvgIpc) is 2.45. The van der Waals surface area contributed by atoms with Gasteiger partial charge in [-0.3, -0.25) is 4.79 Å². The molecule has 1 aliphatic rings.